The number of rotatable bonds is 7. The van der Waals surface area contributed by atoms with Gasteiger partial charge in [-0.15, -0.1) is 0 Å². The molecule has 1 amide bonds. The van der Waals surface area contributed by atoms with Crippen LogP contribution in [0.4, 0.5) is 5.69 Å². The molecule has 10 nitrogen and oxygen atoms in total. The number of hydrogen-bond acceptors (Lipinski definition) is 8. The van der Waals surface area contributed by atoms with E-state index >= 15 is 0 Å². The summed E-state index contributed by atoms with van der Waals surface area (Å²) < 4.78 is 5.60. The molecule has 0 radical (unpaired) electrons. The summed E-state index contributed by atoms with van der Waals surface area (Å²) in [6.07, 6.45) is 12.3. The minimum absolute atomic E-state index is 0.0330. The third-order valence-corrected chi connectivity index (χ3v) is 9.16. The van der Waals surface area contributed by atoms with Crippen molar-refractivity contribution in [2.75, 3.05) is 31.5 Å². The second kappa shape index (κ2) is 9.09. The van der Waals surface area contributed by atoms with Gasteiger partial charge in [0, 0.05) is 36.9 Å². The van der Waals surface area contributed by atoms with E-state index in [1.807, 2.05) is 12.3 Å². The first kappa shape index (κ1) is 23.2. The Labute approximate surface area is 215 Å². The van der Waals surface area contributed by atoms with Crippen LogP contribution in [0.3, 0.4) is 0 Å². The molecular weight excluding hydrogens is 470 g/mol. The van der Waals surface area contributed by atoms with Crippen molar-refractivity contribution in [1.29, 1.82) is 0 Å². The normalized spacial score (nSPS) is 31.2. The molecule has 3 aromatic rings. The van der Waals surface area contributed by atoms with Crippen LogP contribution in [0.1, 0.15) is 62.0 Å². The topological polar surface area (TPSA) is 132 Å². The van der Waals surface area contributed by atoms with E-state index in [4.69, 9.17) is 4.52 Å². The van der Waals surface area contributed by atoms with Crippen molar-refractivity contribution in [2.24, 2.45) is 17.8 Å². The van der Waals surface area contributed by atoms with Gasteiger partial charge in [0.1, 0.15) is 5.65 Å². The van der Waals surface area contributed by atoms with Gasteiger partial charge in [-0.1, -0.05) is 11.6 Å². The molecule has 0 spiro atoms. The van der Waals surface area contributed by atoms with E-state index < -0.39 is 5.60 Å². The van der Waals surface area contributed by atoms with Gasteiger partial charge in [-0.25, -0.2) is 4.98 Å². The Morgan fingerprint density at radius 1 is 1.19 bits per heavy atom. The van der Waals surface area contributed by atoms with Crippen molar-refractivity contribution in [1.82, 2.24) is 30.3 Å². The number of H-pyrrole nitrogens is 1. The molecule has 4 bridgehead atoms. The Morgan fingerprint density at radius 3 is 2.78 bits per heavy atom. The maximum atomic E-state index is 12.7. The van der Waals surface area contributed by atoms with Crippen molar-refractivity contribution in [3.05, 3.63) is 24.3 Å². The van der Waals surface area contributed by atoms with Crippen LogP contribution in [-0.4, -0.2) is 73.8 Å². The second-order valence-electron chi connectivity index (χ2n) is 11.7. The third kappa shape index (κ3) is 4.29. The SMILES string of the molecule is O=C(NCCN1CCCCC1)c1noc(-c2cnc3[nH]ccc3c2N[C@H]2C3CC4CC2C[C@@](O)(C4)C3)n1. The summed E-state index contributed by atoms with van der Waals surface area (Å²) in [5.41, 5.74) is 1.89. The predicted molar refractivity (Wildman–Crippen MR) is 138 cm³/mol. The Bertz CT molecular complexity index is 1280. The molecule has 5 fully saturated rings. The maximum Gasteiger partial charge on any atom is 0.292 e. The summed E-state index contributed by atoms with van der Waals surface area (Å²) >= 11 is 0. The number of likely N-dealkylation sites (tertiary alicyclic amines) is 1. The van der Waals surface area contributed by atoms with Gasteiger partial charge < -0.3 is 30.1 Å². The Kier molecular flexibility index (Phi) is 5.69. The number of aliphatic hydroxyl groups is 1. The standard InChI is InChI=1S/C27H35N7O3/c35-25(29-6-9-34-7-2-1-3-8-34)24-32-26(37-33-24)20-15-30-23-19(4-5-28-23)22(20)31-21-17-10-16-11-18(21)14-27(36,12-16)13-17/h4-5,15-18,21,36H,1-3,6-14H2,(H,29,35)(H2,28,30,31)/t16?,17?,18?,21-,27+. The average Bonchev–Trinajstić information content (AvgIpc) is 3.56. The lowest BCUT2D eigenvalue weighted by atomic mass is 9.52. The van der Waals surface area contributed by atoms with Gasteiger partial charge in [-0.05, 0) is 81.9 Å². The van der Waals surface area contributed by atoms with Crippen LogP contribution in [0.15, 0.2) is 23.0 Å². The van der Waals surface area contributed by atoms with Gasteiger partial charge in [-0.2, -0.15) is 4.98 Å². The van der Waals surface area contributed by atoms with Gasteiger partial charge in [0.15, 0.2) is 0 Å². The zero-order valence-corrected chi connectivity index (χ0v) is 21.1. The number of amides is 1. The Morgan fingerprint density at radius 2 is 2.00 bits per heavy atom. The number of piperidine rings is 1. The Hall–Kier alpha value is -2.98. The minimum atomic E-state index is -0.484. The van der Waals surface area contributed by atoms with E-state index in [1.165, 1.54) is 19.3 Å². The van der Waals surface area contributed by atoms with Crippen LogP contribution in [0, 0.1) is 17.8 Å². The molecule has 2 unspecified atom stereocenters. The van der Waals surface area contributed by atoms with E-state index in [9.17, 15) is 9.90 Å². The van der Waals surface area contributed by atoms with Crippen LogP contribution in [0.25, 0.3) is 22.5 Å². The third-order valence-electron chi connectivity index (χ3n) is 9.16. The largest absolute Gasteiger partial charge is 0.390 e. The summed E-state index contributed by atoms with van der Waals surface area (Å²) in [5.74, 6) is 1.50. The molecule has 4 saturated carbocycles. The highest BCUT2D eigenvalue weighted by Crippen LogP contribution is 2.56. The molecule has 4 heterocycles. The second-order valence-corrected chi connectivity index (χ2v) is 11.7. The Balaban J connectivity index is 1.11. The highest BCUT2D eigenvalue weighted by Gasteiger charge is 2.54. The van der Waals surface area contributed by atoms with Crippen molar-refractivity contribution >= 4 is 22.6 Å². The van der Waals surface area contributed by atoms with E-state index in [2.05, 4.69) is 35.6 Å². The monoisotopic (exact) mass is 505 g/mol. The maximum absolute atomic E-state index is 12.7. The van der Waals surface area contributed by atoms with Crippen molar-refractivity contribution in [3.8, 4) is 11.5 Å². The number of carbonyl (C=O) groups excluding carboxylic acids is 1. The first-order valence-corrected chi connectivity index (χ1v) is 13.8. The quantitative estimate of drug-likeness (QED) is 0.385. The molecule has 5 aliphatic rings. The highest BCUT2D eigenvalue weighted by molar-refractivity contribution is 5.97. The molecule has 2 atom stereocenters. The summed E-state index contributed by atoms with van der Waals surface area (Å²) in [6.45, 7) is 3.58. The van der Waals surface area contributed by atoms with E-state index in [0.29, 0.717) is 29.9 Å². The molecule has 8 rings (SSSR count). The first-order chi connectivity index (χ1) is 18.0. The molecule has 37 heavy (non-hydrogen) atoms. The number of nitrogens with zero attached hydrogens (tertiary/aromatic N) is 4. The molecule has 4 N–H and O–H groups in total. The molecule has 0 aromatic carbocycles. The average molecular weight is 506 g/mol. The molecule has 1 aliphatic heterocycles. The van der Waals surface area contributed by atoms with Crippen LogP contribution in [0.5, 0.6) is 0 Å². The summed E-state index contributed by atoms with van der Waals surface area (Å²) in [5, 5.41) is 22.7. The lowest BCUT2D eigenvalue weighted by Crippen LogP contribution is -2.59. The fourth-order valence-corrected chi connectivity index (χ4v) is 7.72. The molecule has 4 aliphatic carbocycles. The number of aromatic nitrogens is 4. The van der Waals surface area contributed by atoms with Crippen LogP contribution in [-0.2, 0) is 0 Å². The summed E-state index contributed by atoms with van der Waals surface area (Å²) in [6, 6.07) is 2.28. The van der Waals surface area contributed by atoms with Crippen LogP contribution in [0.2, 0.25) is 0 Å². The van der Waals surface area contributed by atoms with Gasteiger partial charge in [-0.3, -0.25) is 4.79 Å². The number of pyridine rings is 1. The van der Waals surface area contributed by atoms with Crippen molar-refractivity contribution < 1.29 is 14.4 Å². The van der Waals surface area contributed by atoms with Gasteiger partial charge in [0.2, 0.25) is 0 Å². The zero-order chi connectivity index (χ0) is 25.0. The molecule has 3 aromatic heterocycles. The summed E-state index contributed by atoms with van der Waals surface area (Å²) in [4.78, 5) is 27.3. The van der Waals surface area contributed by atoms with Crippen molar-refractivity contribution in [3.63, 3.8) is 0 Å². The summed E-state index contributed by atoms with van der Waals surface area (Å²) in [7, 11) is 0. The fraction of sp³-hybridized carbons (Fsp3) is 0.630. The van der Waals surface area contributed by atoms with Gasteiger partial charge in [0.05, 0.1) is 16.9 Å². The lowest BCUT2D eigenvalue weighted by molar-refractivity contribution is -0.129. The number of carbonyl (C=O) groups is 1. The number of nitrogens with one attached hydrogen (secondary N) is 3. The van der Waals surface area contributed by atoms with E-state index in [0.717, 1.165) is 68.5 Å². The number of fused-ring (bicyclic) bond motifs is 1. The van der Waals surface area contributed by atoms with Gasteiger partial charge >= 0.3 is 0 Å². The van der Waals surface area contributed by atoms with Crippen LogP contribution >= 0.6 is 0 Å². The number of anilines is 1. The molecular formula is C27H35N7O3. The predicted octanol–water partition coefficient (Wildman–Crippen LogP) is 3.18. The lowest BCUT2D eigenvalue weighted by Gasteiger charge is -2.58. The van der Waals surface area contributed by atoms with Gasteiger partial charge in [0.25, 0.3) is 17.6 Å². The fourth-order valence-electron chi connectivity index (χ4n) is 7.72. The van der Waals surface area contributed by atoms with E-state index in [1.54, 1.807) is 6.20 Å². The molecule has 10 heteroatoms. The number of hydrogen-bond donors (Lipinski definition) is 4. The van der Waals surface area contributed by atoms with E-state index in [-0.39, 0.29) is 23.7 Å². The zero-order valence-electron chi connectivity index (χ0n) is 21.1. The minimum Gasteiger partial charge on any atom is -0.390 e. The number of aromatic amines is 1. The molecule has 196 valence electrons. The molecule has 1 saturated heterocycles. The van der Waals surface area contributed by atoms with Crippen LogP contribution < -0.4 is 10.6 Å². The van der Waals surface area contributed by atoms with Crippen molar-refractivity contribution in [2.45, 2.75) is 63.0 Å². The highest BCUT2D eigenvalue weighted by atomic mass is 16.5. The first-order valence-electron chi connectivity index (χ1n) is 13.8. The smallest absolute Gasteiger partial charge is 0.292 e.